The predicted octanol–water partition coefficient (Wildman–Crippen LogP) is 3.05. The van der Waals surface area contributed by atoms with Crippen LogP contribution in [-0.2, 0) is 11.2 Å². The number of benzene rings is 2. The van der Waals surface area contributed by atoms with E-state index in [1.807, 2.05) is 38.1 Å². The van der Waals surface area contributed by atoms with E-state index in [2.05, 4.69) is 10.6 Å². The van der Waals surface area contributed by atoms with Gasteiger partial charge in [-0.25, -0.2) is 0 Å². The molecule has 0 aliphatic rings. The van der Waals surface area contributed by atoms with E-state index in [1.165, 1.54) is 0 Å². The van der Waals surface area contributed by atoms with E-state index in [-0.39, 0.29) is 11.8 Å². The highest BCUT2D eigenvalue weighted by Crippen LogP contribution is 2.10. The van der Waals surface area contributed by atoms with Crippen LogP contribution < -0.4 is 10.6 Å². The molecule has 0 aliphatic heterocycles. The average Bonchev–Trinajstić information content (AvgIpc) is 2.56. The normalized spacial score (nSPS) is 10.3. The minimum absolute atomic E-state index is 0.0854. The fourth-order valence-electron chi connectivity index (χ4n) is 2.21. The molecule has 4 nitrogen and oxygen atoms in total. The number of hydrogen-bond donors (Lipinski definition) is 2. The molecule has 0 saturated carbocycles. The van der Waals surface area contributed by atoms with Gasteiger partial charge in [0.15, 0.2) is 0 Å². The van der Waals surface area contributed by atoms with Crippen molar-refractivity contribution in [2.75, 3.05) is 13.1 Å². The van der Waals surface area contributed by atoms with Crippen LogP contribution in [0.1, 0.15) is 27.0 Å². The zero-order valence-electron chi connectivity index (χ0n) is 13.9. The van der Waals surface area contributed by atoms with E-state index in [1.54, 1.807) is 18.2 Å². The van der Waals surface area contributed by atoms with Gasteiger partial charge in [0.2, 0.25) is 5.91 Å². The Labute approximate surface area is 147 Å². The van der Waals surface area contributed by atoms with E-state index in [0.717, 1.165) is 16.7 Å². The summed E-state index contributed by atoms with van der Waals surface area (Å²) >= 11 is 5.81. The van der Waals surface area contributed by atoms with Gasteiger partial charge >= 0.3 is 0 Å². The lowest BCUT2D eigenvalue weighted by atomic mass is 10.1. The summed E-state index contributed by atoms with van der Waals surface area (Å²) in [6.45, 7) is 4.76. The van der Waals surface area contributed by atoms with Gasteiger partial charge in [-0.1, -0.05) is 29.8 Å². The van der Waals surface area contributed by atoms with Crippen molar-refractivity contribution in [1.29, 1.82) is 0 Å². The summed E-state index contributed by atoms with van der Waals surface area (Å²) in [6.07, 6.45) is 0.294. The second-order valence-electron chi connectivity index (χ2n) is 5.71. The maximum Gasteiger partial charge on any atom is 0.251 e. The monoisotopic (exact) mass is 344 g/mol. The molecular formula is C19H21ClN2O2. The number of aryl methyl sites for hydroxylation is 2. The van der Waals surface area contributed by atoms with E-state index in [4.69, 9.17) is 11.6 Å². The number of hydrogen-bond acceptors (Lipinski definition) is 2. The summed E-state index contributed by atoms with van der Waals surface area (Å²) in [7, 11) is 0. The number of halogens is 1. The molecule has 0 fully saturated rings. The first-order valence-corrected chi connectivity index (χ1v) is 8.20. The van der Waals surface area contributed by atoms with E-state index < -0.39 is 0 Å². The van der Waals surface area contributed by atoms with Crippen molar-refractivity contribution < 1.29 is 9.59 Å². The SMILES string of the molecule is Cc1ccc(C(=O)NCCNC(=O)Cc2ccc(Cl)cc2)cc1C. The fraction of sp³-hybridized carbons (Fsp3) is 0.263. The number of carbonyl (C=O) groups excluding carboxylic acids is 2. The Hall–Kier alpha value is -2.33. The van der Waals surface area contributed by atoms with Crippen LogP contribution in [0.3, 0.4) is 0 Å². The van der Waals surface area contributed by atoms with Crippen LogP contribution in [0.4, 0.5) is 0 Å². The van der Waals surface area contributed by atoms with Crippen LogP contribution in [0.15, 0.2) is 42.5 Å². The van der Waals surface area contributed by atoms with Gasteiger partial charge < -0.3 is 10.6 Å². The molecule has 2 aromatic rings. The zero-order chi connectivity index (χ0) is 17.5. The minimum atomic E-state index is -0.134. The molecule has 0 bridgehead atoms. The lowest BCUT2D eigenvalue weighted by molar-refractivity contribution is -0.120. The van der Waals surface area contributed by atoms with E-state index in [9.17, 15) is 9.59 Å². The Bertz CT molecular complexity index is 727. The topological polar surface area (TPSA) is 58.2 Å². The van der Waals surface area contributed by atoms with Gasteiger partial charge in [-0.3, -0.25) is 9.59 Å². The average molecular weight is 345 g/mol. The van der Waals surface area contributed by atoms with E-state index in [0.29, 0.717) is 30.1 Å². The Kier molecular flexibility index (Phi) is 6.38. The molecule has 0 heterocycles. The molecule has 0 saturated heterocycles. The number of rotatable bonds is 6. The van der Waals surface area contributed by atoms with Gasteiger partial charge in [-0.05, 0) is 54.8 Å². The smallest absolute Gasteiger partial charge is 0.251 e. The molecule has 0 aliphatic carbocycles. The van der Waals surface area contributed by atoms with Crippen molar-refractivity contribution in [2.24, 2.45) is 0 Å². The summed E-state index contributed by atoms with van der Waals surface area (Å²) in [4.78, 5) is 23.9. The van der Waals surface area contributed by atoms with Crippen LogP contribution in [0, 0.1) is 13.8 Å². The third-order valence-corrected chi connectivity index (χ3v) is 4.03. The van der Waals surface area contributed by atoms with Crippen LogP contribution in [-0.4, -0.2) is 24.9 Å². The Morgan fingerprint density at radius 1 is 0.917 bits per heavy atom. The van der Waals surface area contributed by atoms with Crippen LogP contribution in [0.2, 0.25) is 5.02 Å². The summed E-state index contributed by atoms with van der Waals surface area (Å²) in [5, 5.41) is 6.23. The number of carbonyl (C=O) groups is 2. The van der Waals surface area contributed by atoms with Gasteiger partial charge in [-0.15, -0.1) is 0 Å². The molecule has 0 atom stereocenters. The quantitative estimate of drug-likeness (QED) is 0.791. The van der Waals surface area contributed by atoms with Crippen molar-refractivity contribution in [3.8, 4) is 0 Å². The molecule has 2 aromatic carbocycles. The first-order chi connectivity index (χ1) is 11.5. The molecule has 126 valence electrons. The molecule has 2 rings (SSSR count). The molecule has 2 N–H and O–H groups in total. The summed E-state index contributed by atoms with van der Waals surface area (Å²) < 4.78 is 0. The molecule has 0 aromatic heterocycles. The fourth-order valence-corrected chi connectivity index (χ4v) is 2.34. The van der Waals surface area contributed by atoms with Crippen molar-refractivity contribution >= 4 is 23.4 Å². The van der Waals surface area contributed by atoms with Crippen molar-refractivity contribution in [3.63, 3.8) is 0 Å². The highest BCUT2D eigenvalue weighted by molar-refractivity contribution is 6.30. The second kappa shape index (κ2) is 8.50. The number of nitrogens with one attached hydrogen (secondary N) is 2. The predicted molar refractivity (Wildman–Crippen MR) is 96.4 cm³/mol. The highest BCUT2D eigenvalue weighted by Gasteiger charge is 2.07. The third-order valence-electron chi connectivity index (χ3n) is 3.78. The van der Waals surface area contributed by atoms with Crippen molar-refractivity contribution in [1.82, 2.24) is 10.6 Å². The van der Waals surface area contributed by atoms with Gasteiger partial charge in [0.1, 0.15) is 0 Å². The maximum absolute atomic E-state index is 12.0. The maximum atomic E-state index is 12.0. The van der Waals surface area contributed by atoms with Crippen LogP contribution >= 0.6 is 11.6 Å². The molecule has 24 heavy (non-hydrogen) atoms. The first kappa shape index (κ1) is 18.0. The highest BCUT2D eigenvalue weighted by atomic mass is 35.5. The molecule has 5 heteroatoms. The minimum Gasteiger partial charge on any atom is -0.354 e. The Balaban J connectivity index is 1.72. The van der Waals surface area contributed by atoms with E-state index >= 15 is 0 Å². The molecular weight excluding hydrogens is 324 g/mol. The standard InChI is InChI=1S/C19H21ClN2O2/c1-13-3-6-16(11-14(13)2)19(24)22-10-9-21-18(23)12-15-4-7-17(20)8-5-15/h3-8,11H,9-10,12H2,1-2H3,(H,21,23)(H,22,24). The van der Waals surface area contributed by atoms with Gasteiger partial charge in [0, 0.05) is 23.7 Å². The van der Waals surface area contributed by atoms with Gasteiger partial charge in [0.25, 0.3) is 5.91 Å². The summed E-state index contributed by atoms with van der Waals surface area (Å²) in [6, 6.07) is 12.8. The van der Waals surface area contributed by atoms with Crippen molar-refractivity contribution in [3.05, 3.63) is 69.7 Å². The molecule has 0 unspecified atom stereocenters. The van der Waals surface area contributed by atoms with Crippen LogP contribution in [0.5, 0.6) is 0 Å². The first-order valence-electron chi connectivity index (χ1n) is 7.82. The number of amides is 2. The van der Waals surface area contributed by atoms with Crippen molar-refractivity contribution in [2.45, 2.75) is 20.3 Å². The Morgan fingerprint density at radius 2 is 1.58 bits per heavy atom. The zero-order valence-corrected chi connectivity index (χ0v) is 14.6. The molecule has 0 radical (unpaired) electrons. The summed E-state index contributed by atoms with van der Waals surface area (Å²) in [5.74, 6) is -0.220. The van der Waals surface area contributed by atoms with Crippen LogP contribution in [0.25, 0.3) is 0 Å². The third kappa shape index (κ3) is 5.39. The van der Waals surface area contributed by atoms with Gasteiger partial charge in [0.05, 0.1) is 6.42 Å². The lowest BCUT2D eigenvalue weighted by Gasteiger charge is -2.08. The lowest BCUT2D eigenvalue weighted by Crippen LogP contribution is -2.35. The second-order valence-corrected chi connectivity index (χ2v) is 6.14. The molecule has 2 amide bonds. The largest absolute Gasteiger partial charge is 0.354 e. The molecule has 0 spiro atoms. The Morgan fingerprint density at radius 3 is 2.25 bits per heavy atom. The van der Waals surface area contributed by atoms with Gasteiger partial charge in [-0.2, -0.15) is 0 Å². The summed E-state index contributed by atoms with van der Waals surface area (Å²) in [5.41, 5.74) is 3.77.